The zero-order chi connectivity index (χ0) is 18.9. The van der Waals surface area contributed by atoms with Crippen LogP contribution in [-0.4, -0.2) is 41.5 Å². The number of hydrogen-bond acceptors (Lipinski definition) is 3. The molecular weight excluding hydrogens is 373 g/mol. The summed E-state index contributed by atoms with van der Waals surface area (Å²) < 4.78 is 108. The van der Waals surface area contributed by atoms with Crippen molar-refractivity contribution in [3.63, 3.8) is 0 Å². The van der Waals surface area contributed by atoms with Gasteiger partial charge in [0.05, 0.1) is 30.5 Å². The van der Waals surface area contributed by atoms with E-state index in [4.69, 9.17) is 9.47 Å². The van der Waals surface area contributed by atoms with E-state index >= 15 is 0 Å². The van der Waals surface area contributed by atoms with E-state index in [1.165, 1.54) is 0 Å². The number of fused-ring (bicyclic) bond motifs is 2. The number of ether oxygens (including phenoxy) is 2. The van der Waals surface area contributed by atoms with E-state index in [1.807, 2.05) is 0 Å². The van der Waals surface area contributed by atoms with Gasteiger partial charge in [0.1, 0.15) is 12.3 Å². The minimum atomic E-state index is -5.02. The number of alkyl halides is 7. The molecule has 2 aliphatic carbocycles. The molecule has 1 aromatic rings. The molecule has 1 aliphatic heterocycles. The highest BCUT2D eigenvalue weighted by molar-refractivity contribution is 5.42. The second-order valence-electron chi connectivity index (χ2n) is 6.72. The van der Waals surface area contributed by atoms with Crippen LogP contribution in [0.25, 0.3) is 0 Å². The molecule has 0 aromatic carbocycles. The zero-order valence-corrected chi connectivity index (χ0v) is 13.3. The van der Waals surface area contributed by atoms with Crippen LogP contribution in [0.4, 0.5) is 30.7 Å². The molecule has 0 amide bonds. The normalized spacial score (nSPS) is 36.7. The van der Waals surface area contributed by atoms with E-state index in [0.29, 0.717) is 4.68 Å². The van der Waals surface area contributed by atoms with Crippen molar-refractivity contribution < 1.29 is 40.2 Å². The fourth-order valence-corrected chi connectivity index (χ4v) is 4.01. The summed E-state index contributed by atoms with van der Waals surface area (Å²) >= 11 is 0. The lowest BCUT2D eigenvalue weighted by molar-refractivity contribution is -0.217. The smallest absolute Gasteiger partial charge is 0.341 e. The van der Waals surface area contributed by atoms with Crippen LogP contribution in [0.3, 0.4) is 0 Å². The predicted octanol–water partition coefficient (Wildman–Crippen LogP) is 3.87. The highest BCUT2D eigenvalue weighted by Crippen LogP contribution is 2.56. The van der Waals surface area contributed by atoms with E-state index < -0.39 is 66.1 Å². The molecule has 1 saturated heterocycles. The van der Waals surface area contributed by atoms with E-state index in [1.54, 1.807) is 0 Å². The molecule has 2 fully saturated rings. The average Bonchev–Trinajstić information content (AvgIpc) is 3.24. The van der Waals surface area contributed by atoms with E-state index in [-0.39, 0.29) is 26.1 Å². The SMILES string of the molecule is F[C@@H]1C[C@@H](n2nc(C(F)(F)F)c3c2[C@@H](F)[C@@H](F)C32OCCO2)CC[C@@H]1F. The lowest BCUT2D eigenvalue weighted by atomic mass is 9.92. The molecule has 0 bridgehead atoms. The molecule has 1 spiro atoms. The third-order valence-corrected chi connectivity index (χ3v) is 5.17. The Morgan fingerprint density at radius 3 is 2.23 bits per heavy atom. The zero-order valence-electron chi connectivity index (χ0n) is 13.3. The average molecular weight is 388 g/mol. The Kier molecular flexibility index (Phi) is 4.03. The molecule has 5 atom stereocenters. The molecule has 26 heavy (non-hydrogen) atoms. The highest BCUT2D eigenvalue weighted by atomic mass is 19.4. The molecule has 2 heterocycles. The highest BCUT2D eigenvalue weighted by Gasteiger charge is 2.64. The Morgan fingerprint density at radius 1 is 1.00 bits per heavy atom. The second-order valence-corrected chi connectivity index (χ2v) is 6.72. The maximum absolute atomic E-state index is 14.7. The van der Waals surface area contributed by atoms with Gasteiger partial charge in [-0.2, -0.15) is 18.3 Å². The Morgan fingerprint density at radius 2 is 1.65 bits per heavy atom. The molecule has 4 nitrogen and oxygen atoms in total. The van der Waals surface area contributed by atoms with Crippen molar-refractivity contribution in [1.82, 2.24) is 9.78 Å². The van der Waals surface area contributed by atoms with Gasteiger partial charge in [-0.05, 0) is 12.8 Å². The van der Waals surface area contributed by atoms with Gasteiger partial charge in [0.25, 0.3) is 0 Å². The Labute approximate surface area is 143 Å². The predicted molar refractivity (Wildman–Crippen MR) is 72.2 cm³/mol. The van der Waals surface area contributed by atoms with Crippen LogP contribution in [0.2, 0.25) is 0 Å². The first-order valence-electron chi connectivity index (χ1n) is 8.21. The Hall–Kier alpha value is -1.36. The number of halogens is 7. The number of rotatable bonds is 1. The summed E-state index contributed by atoms with van der Waals surface area (Å²) in [4.78, 5) is 0. The molecule has 0 unspecified atom stereocenters. The van der Waals surface area contributed by atoms with Gasteiger partial charge in [-0.15, -0.1) is 0 Å². The van der Waals surface area contributed by atoms with Crippen molar-refractivity contribution in [1.29, 1.82) is 0 Å². The number of aromatic nitrogens is 2. The van der Waals surface area contributed by atoms with Crippen molar-refractivity contribution in [2.24, 2.45) is 0 Å². The van der Waals surface area contributed by atoms with Gasteiger partial charge in [-0.3, -0.25) is 4.68 Å². The van der Waals surface area contributed by atoms with Crippen LogP contribution >= 0.6 is 0 Å². The van der Waals surface area contributed by atoms with Gasteiger partial charge in [0.2, 0.25) is 5.79 Å². The third kappa shape index (κ3) is 2.39. The van der Waals surface area contributed by atoms with E-state index in [2.05, 4.69) is 5.10 Å². The first kappa shape index (κ1) is 18.0. The van der Waals surface area contributed by atoms with Crippen LogP contribution in [0.5, 0.6) is 0 Å². The van der Waals surface area contributed by atoms with Gasteiger partial charge >= 0.3 is 6.18 Å². The summed E-state index contributed by atoms with van der Waals surface area (Å²) in [5.74, 6) is -2.51. The van der Waals surface area contributed by atoms with Gasteiger partial charge in [0, 0.05) is 6.42 Å². The molecule has 0 N–H and O–H groups in total. The maximum Gasteiger partial charge on any atom is 0.435 e. The molecule has 1 aromatic heterocycles. The number of hydrogen-bond donors (Lipinski definition) is 0. The topological polar surface area (TPSA) is 36.3 Å². The van der Waals surface area contributed by atoms with Crippen molar-refractivity contribution in [2.75, 3.05) is 13.2 Å². The molecule has 146 valence electrons. The lowest BCUT2D eigenvalue weighted by Gasteiger charge is -2.29. The van der Waals surface area contributed by atoms with Gasteiger partial charge in [-0.25, -0.2) is 17.6 Å². The standard InChI is InChI=1S/C15H15F7N2O2/c16-7-2-1-6(5-8(7)17)24-11-9(13(23-24)15(20,21)22)14(12(19)10(11)18)25-3-4-26-14/h6-8,10,12H,1-5H2/t6-,7-,8+,10+,12+/m0/s1. The molecule has 1 saturated carbocycles. The minimum absolute atomic E-state index is 0.0363. The summed E-state index contributed by atoms with van der Waals surface area (Å²) in [6, 6.07) is -1.01. The summed E-state index contributed by atoms with van der Waals surface area (Å²) in [6.45, 7) is -0.400. The largest absolute Gasteiger partial charge is 0.435 e. The van der Waals surface area contributed by atoms with Crippen LogP contribution in [0, 0.1) is 0 Å². The van der Waals surface area contributed by atoms with Crippen LogP contribution < -0.4 is 0 Å². The van der Waals surface area contributed by atoms with E-state index in [9.17, 15) is 30.7 Å². The minimum Gasteiger partial charge on any atom is -0.341 e. The summed E-state index contributed by atoms with van der Waals surface area (Å²) in [6.07, 6.45) is -14.4. The Balaban J connectivity index is 1.86. The van der Waals surface area contributed by atoms with Gasteiger partial charge in [-0.1, -0.05) is 0 Å². The van der Waals surface area contributed by atoms with Crippen LogP contribution in [0.15, 0.2) is 0 Å². The van der Waals surface area contributed by atoms with E-state index in [0.717, 1.165) is 0 Å². The first-order chi connectivity index (χ1) is 12.2. The summed E-state index contributed by atoms with van der Waals surface area (Å²) in [7, 11) is 0. The summed E-state index contributed by atoms with van der Waals surface area (Å²) in [5.41, 5.74) is -3.02. The second kappa shape index (κ2) is 5.82. The van der Waals surface area contributed by atoms with Crippen LogP contribution in [-0.2, 0) is 21.4 Å². The fraction of sp³-hybridized carbons (Fsp3) is 0.800. The maximum atomic E-state index is 14.7. The number of nitrogens with zero attached hydrogens (tertiary/aromatic N) is 2. The Bertz CT molecular complexity index is 701. The van der Waals surface area contributed by atoms with Gasteiger partial charge in [0.15, 0.2) is 18.0 Å². The van der Waals surface area contributed by atoms with Crippen molar-refractivity contribution in [3.8, 4) is 0 Å². The molecule has 4 rings (SSSR count). The molecular formula is C15H15F7N2O2. The van der Waals surface area contributed by atoms with Crippen LogP contribution in [0.1, 0.15) is 48.4 Å². The monoisotopic (exact) mass is 388 g/mol. The lowest BCUT2D eigenvalue weighted by Crippen LogP contribution is -2.37. The molecule has 3 aliphatic rings. The third-order valence-electron chi connectivity index (χ3n) is 5.17. The van der Waals surface area contributed by atoms with Crippen molar-refractivity contribution >= 4 is 0 Å². The van der Waals surface area contributed by atoms with Gasteiger partial charge < -0.3 is 9.47 Å². The first-order valence-corrected chi connectivity index (χ1v) is 8.21. The van der Waals surface area contributed by atoms with Crippen molar-refractivity contribution in [2.45, 2.75) is 62.0 Å². The summed E-state index contributed by atoms with van der Waals surface area (Å²) in [5, 5.41) is 3.43. The van der Waals surface area contributed by atoms with Crippen molar-refractivity contribution in [3.05, 3.63) is 17.0 Å². The molecule has 0 radical (unpaired) electrons. The quantitative estimate of drug-likeness (QED) is 0.686. The molecule has 11 heteroatoms. The fourth-order valence-electron chi connectivity index (χ4n) is 4.01.